The quantitative estimate of drug-likeness (QED) is 0.130. The van der Waals surface area contributed by atoms with Crippen molar-refractivity contribution in [1.29, 1.82) is 0 Å². The summed E-state index contributed by atoms with van der Waals surface area (Å²) in [5, 5.41) is 7.38. The van der Waals surface area contributed by atoms with Crippen LogP contribution in [-0.2, 0) is 20.1 Å². The van der Waals surface area contributed by atoms with Gasteiger partial charge in [-0.3, -0.25) is 4.98 Å². The zero-order valence-corrected chi connectivity index (χ0v) is 33.4. The van der Waals surface area contributed by atoms with Gasteiger partial charge in [0.25, 0.3) is 0 Å². The first-order valence-corrected chi connectivity index (χ1v) is 24.2. The molecule has 0 fully saturated rings. The topological polar surface area (TPSA) is 25.8 Å². The smallest absolute Gasteiger partial charge is 0.0346 e. The van der Waals surface area contributed by atoms with E-state index < -0.39 is 19.2 Å². The van der Waals surface area contributed by atoms with Crippen LogP contribution in [-0.4, -0.2) is 23.2 Å². The van der Waals surface area contributed by atoms with E-state index in [1.807, 2.05) is 61.7 Å². The molecule has 48 heavy (non-hydrogen) atoms. The maximum Gasteiger partial charge on any atom is 0.0346 e. The molecule has 0 aliphatic rings. The Bertz CT molecular complexity index is 2440. The molecular weight excluding hydrogens is 841 g/mol. The van der Waals surface area contributed by atoms with Gasteiger partial charge in [0.15, 0.2) is 0 Å². The third-order valence-corrected chi connectivity index (χ3v) is 14.4. The maximum atomic E-state index is 8.46. The fourth-order valence-electron chi connectivity index (χ4n) is 6.33. The predicted octanol–water partition coefficient (Wildman–Crippen LogP) is 11.7. The SMILES string of the molecule is Cc1cc(-c2[c-]cccc2)nc[c]1[Ge]([CH3])([CH3])[CH3].[2H]C(C)(C)c1ccnc(-c2[c-]c3ccccc3c3c2sc2cc4ccccc4cc23)c1.[Ir]. The molecule has 0 atom stereocenters. The first-order chi connectivity index (χ1) is 23.0. The second-order valence-electron chi connectivity index (χ2n) is 13.4. The molecule has 5 heteroatoms. The summed E-state index contributed by atoms with van der Waals surface area (Å²) in [6, 6.07) is 42.7. The predicted molar refractivity (Wildman–Crippen MR) is 207 cm³/mol. The van der Waals surface area contributed by atoms with Gasteiger partial charge in [-0.1, -0.05) is 78.7 Å². The molecule has 0 spiro atoms. The van der Waals surface area contributed by atoms with Crippen LogP contribution in [0.25, 0.3) is 64.2 Å². The number of pyridine rings is 2. The Hall–Kier alpha value is -3.67. The number of thiophene rings is 1. The number of fused-ring (bicyclic) bond motifs is 6. The molecule has 0 aliphatic heterocycles. The molecular formula is C43H38GeIrN2S-2. The normalized spacial score (nSPS) is 12.1. The number of hydrogen-bond donors (Lipinski definition) is 0. The van der Waals surface area contributed by atoms with Crippen LogP contribution < -0.4 is 4.40 Å². The summed E-state index contributed by atoms with van der Waals surface area (Å²) in [4.78, 5) is 9.29. The van der Waals surface area contributed by atoms with E-state index in [2.05, 4.69) is 120 Å². The van der Waals surface area contributed by atoms with Gasteiger partial charge in [0.05, 0.1) is 0 Å². The number of nitrogens with zero attached hydrogens (tertiary/aromatic N) is 2. The van der Waals surface area contributed by atoms with Crippen molar-refractivity contribution < 1.29 is 21.5 Å². The first-order valence-electron chi connectivity index (χ1n) is 16.6. The van der Waals surface area contributed by atoms with Gasteiger partial charge in [0, 0.05) is 38.1 Å². The molecule has 8 aromatic rings. The van der Waals surface area contributed by atoms with Gasteiger partial charge in [-0.25, -0.2) is 0 Å². The zero-order valence-electron chi connectivity index (χ0n) is 29.1. The van der Waals surface area contributed by atoms with Crippen LogP contribution in [0.5, 0.6) is 0 Å². The Balaban J connectivity index is 0.000000198. The summed E-state index contributed by atoms with van der Waals surface area (Å²) in [7, 11) is 0. The van der Waals surface area contributed by atoms with E-state index in [0.29, 0.717) is 0 Å². The Labute approximate surface area is 305 Å². The molecule has 2 nitrogen and oxygen atoms in total. The first kappa shape index (κ1) is 32.9. The molecule has 0 bridgehead atoms. The standard InChI is InChI=1S/C28H20NS.C15H18GeN.Ir/c1-17(2)18-11-12-29-25(15-18)23-14-21-9-5-6-10-22(21)27-24-13-19-7-3-4-8-20(19)16-26(24)30-28(23)27;1-12-10-15(13-8-6-5-7-9-13)17-11-14(12)16(2,3)4;/h3-13,15-17H,1-2H3;5-8,10-11H,1-4H3;/q2*-1;/i17D;;. The van der Waals surface area contributed by atoms with Crippen LogP contribution in [0, 0.1) is 19.1 Å². The molecule has 1 radical (unpaired) electrons. The van der Waals surface area contributed by atoms with Crippen molar-refractivity contribution in [1.82, 2.24) is 9.97 Å². The van der Waals surface area contributed by atoms with E-state index in [1.54, 1.807) is 0 Å². The van der Waals surface area contributed by atoms with E-state index in [9.17, 15) is 0 Å². The summed E-state index contributed by atoms with van der Waals surface area (Å²) in [5.74, 6) is 6.53. The number of benzene rings is 5. The van der Waals surface area contributed by atoms with E-state index in [-0.39, 0.29) is 20.1 Å². The molecule has 0 N–H and O–H groups in total. The maximum absolute atomic E-state index is 8.46. The van der Waals surface area contributed by atoms with Gasteiger partial charge in [0.1, 0.15) is 0 Å². The number of rotatable bonds is 4. The average Bonchev–Trinajstić information content (AvgIpc) is 3.45. The van der Waals surface area contributed by atoms with Gasteiger partial charge < -0.3 is 0 Å². The van der Waals surface area contributed by atoms with Crippen molar-refractivity contribution in [2.24, 2.45) is 0 Å². The summed E-state index contributed by atoms with van der Waals surface area (Å²) in [6.45, 7) is 6.02. The molecule has 0 saturated carbocycles. The summed E-state index contributed by atoms with van der Waals surface area (Å²) >= 11 is 0.0354. The van der Waals surface area contributed by atoms with E-state index in [4.69, 9.17) is 6.35 Å². The van der Waals surface area contributed by atoms with Crippen molar-refractivity contribution in [3.63, 3.8) is 0 Å². The van der Waals surface area contributed by atoms with E-state index in [0.717, 1.165) is 33.5 Å². The van der Waals surface area contributed by atoms with Crippen LogP contribution in [0.15, 0.2) is 116 Å². The molecule has 241 valence electrons. The monoisotopic (exact) mass is 882 g/mol. The van der Waals surface area contributed by atoms with Crippen LogP contribution in [0.3, 0.4) is 0 Å². The fraction of sp³-hybridized carbons (Fsp3) is 0.163. The number of aryl methyl sites for hydroxylation is 1. The van der Waals surface area contributed by atoms with Crippen LogP contribution >= 0.6 is 11.3 Å². The minimum absolute atomic E-state index is 0. The number of hydrogen-bond acceptors (Lipinski definition) is 3. The van der Waals surface area contributed by atoms with Gasteiger partial charge in [-0.2, -0.15) is 11.3 Å². The molecule has 0 saturated heterocycles. The zero-order chi connectivity index (χ0) is 33.6. The molecule has 8 rings (SSSR count). The molecule has 3 aromatic heterocycles. The van der Waals surface area contributed by atoms with Crippen LogP contribution in [0.4, 0.5) is 0 Å². The van der Waals surface area contributed by atoms with E-state index in [1.165, 1.54) is 46.3 Å². The fourth-order valence-corrected chi connectivity index (χ4v) is 11.2. The van der Waals surface area contributed by atoms with Gasteiger partial charge in [-0.15, -0.1) is 17.5 Å². The van der Waals surface area contributed by atoms with Crippen molar-refractivity contribution in [2.75, 3.05) is 0 Å². The summed E-state index contributed by atoms with van der Waals surface area (Å²) in [6.07, 6.45) is 3.89. The summed E-state index contributed by atoms with van der Waals surface area (Å²) in [5.41, 5.74) is 6.33. The largest absolute Gasteiger partial charge is 0.295 e. The van der Waals surface area contributed by atoms with Crippen molar-refractivity contribution in [3.05, 3.63) is 139 Å². The molecule has 5 aromatic carbocycles. The Morgan fingerprint density at radius 3 is 2.23 bits per heavy atom. The minimum atomic E-state index is -1.77. The molecule has 0 amide bonds. The minimum Gasteiger partial charge on any atom is -0.295 e. The second-order valence-corrected chi connectivity index (χ2v) is 25.0. The molecule has 3 heterocycles. The Kier molecular flexibility index (Phi) is 9.62. The van der Waals surface area contributed by atoms with E-state index >= 15 is 0 Å². The van der Waals surface area contributed by atoms with Gasteiger partial charge in [-0.05, 0) is 50.5 Å². The third-order valence-electron chi connectivity index (χ3n) is 8.74. The Morgan fingerprint density at radius 1 is 0.792 bits per heavy atom. The molecule has 0 aliphatic carbocycles. The van der Waals surface area contributed by atoms with Crippen molar-refractivity contribution >= 4 is 70.7 Å². The summed E-state index contributed by atoms with van der Waals surface area (Å²) < 4.78 is 12.4. The molecule has 0 unspecified atom stereocenters. The Morgan fingerprint density at radius 2 is 1.52 bits per heavy atom. The van der Waals surface area contributed by atoms with Gasteiger partial charge in [0.2, 0.25) is 0 Å². The van der Waals surface area contributed by atoms with Crippen LogP contribution in [0.2, 0.25) is 17.3 Å². The van der Waals surface area contributed by atoms with Crippen molar-refractivity contribution in [3.8, 4) is 22.5 Å². The van der Waals surface area contributed by atoms with Crippen LogP contribution in [0.1, 0.15) is 32.2 Å². The average molecular weight is 881 g/mol. The van der Waals surface area contributed by atoms with Gasteiger partial charge >= 0.3 is 106 Å². The third kappa shape index (κ3) is 6.77. The number of aromatic nitrogens is 2. The van der Waals surface area contributed by atoms with Crippen molar-refractivity contribution in [2.45, 2.75) is 43.9 Å². The second kappa shape index (κ2) is 14.1.